The van der Waals surface area contributed by atoms with E-state index in [-0.39, 0.29) is 12.3 Å². The van der Waals surface area contributed by atoms with Crippen LogP contribution in [0.3, 0.4) is 0 Å². The van der Waals surface area contributed by atoms with E-state index in [2.05, 4.69) is 10.2 Å². The van der Waals surface area contributed by atoms with Crippen LogP contribution >= 0.6 is 0 Å². The smallest absolute Gasteiger partial charge is 0.262 e. The Bertz CT molecular complexity index is 1000. The van der Waals surface area contributed by atoms with Gasteiger partial charge in [-0.1, -0.05) is 37.1 Å². The molecular formula is C23H24FN3O2. The van der Waals surface area contributed by atoms with Crippen LogP contribution in [0.15, 0.2) is 54.6 Å². The Labute approximate surface area is 169 Å². The summed E-state index contributed by atoms with van der Waals surface area (Å²) >= 11 is 0. The molecule has 5 nitrogen and oxygen atoms in total. The fourth-order valence-electron chi connectivity index (χ4n) is 3.59. The Kier molecular flexibility index (Phi) is 5.89. The zero-order chi connectivity index (χ0) is 20.1. The lowest BCUT2D eigenvalue weighted by atomic mass is 10.2. The van der Waals surface area contributed by atoms with E-state index in [9.17, 15) is 9.18 Å². The Hall–Kier alpha value is -3.15. The first-order valence-corrected chi connectivity index (χ1v) is 10.0. The molecule has 0 unspecified atom stereocenters. The van der Waals surface area contributed by atoms with Crippen molar-refractivity contribution in [1.82, 2.24) is 4.98 Å². The second-order valence-corrected chi connectivity index (χ2v) is 7.22. The van der Waals surface area contributed by atoms with Crippen LogP contribution in [-0.2, 0) is 4.79 Å². The highest BCUT2D eigenvalue weighted by molar-refractivity contribution is 5.92. The van der Waals surface area contributed by atoms with Crippen molar-refractivity contribution in [2.24, 2.45) is 0 Å². The van der Waals surface area contributed by atoms with Crippen molar-refractivity contribution in [1.29, 1.82) is 0 Å². The van der Waals surface area contributed by atoms with Crippen molar-refractivity contribution in [2.45, 2.75) is 25.7 Å². The SMILES string of the molecule is O=C(COc1cccc2ccc(N3CCCCCC3)nc12)Nc1ccccc1F. The summed E-state index contributed by atoms with van der Waals surface area (Å²) in [5, 5.41) is 3.49. The van der Waals surface area contributed by atoms with Crippen molar-refractivity contribution in [3.63, 3.8) is 0 Å². The third-order valence-corrected chi connectivity index (χ3v) is 5.11. The minimum Gasteiger partial charge on any atom is -0.481 e. The van der Waals surface area contributed by atoms with Crippen molar-refractivity contribution < 1.29 is 13.9 Å². The summed E-state index contributed by atoms with van der Waals surface area (Å²) in [5.74, 6) is 0.583. The molecule has 1 aliphatic rings. The van der Waals surface area contributed by atoms with Crippen molar-refractivity contribution in [3.8, 4) is 5.75 Å². The first-order valence-electron chi connectivity index (χ1n) is 10.0. The van der Waals surface area contributed by atoms with Crippen LogP contribution in [0.1, 0.15) is 25.7 Å². The lowest BCUT2D eigenvalue weighted by Gasteiger charge is -2.22. The highest BCUT2D eigenvalue weighted by atomic mass is 19.1. The minimum absolute atomic E-state index is 0.139. The first kappa shape index (κ1) is 19.2. The Morgan fingerprint density at radius 2 is 1.79 bits per heavy atom. The fourth-order valence-corrected chi connectivity index (χ4v) is 3.59. The number of amides is 1. The van der Waals surface area contributed by atoms with E-state index in [1.54, 1.807) is 18.2 Å². The van der Waals surface area contributed by atoms with Gasteiger partial charge in [-0.2, -0.15) is 0 Å². The van der Waals surface area contributed by atoms with Crippen LogP contribution < -0.4 is 15.0 Å². The van der Waals surface area contributed by atoms with Gasteiger partial charge in [-0.3, -0.25) is 4.79 Å². The number of nitrogens with zero attached hydrogens (tertiary/aromatic N) is 2. The molecule has 0 radical (unpaired) electrons. The molecule has 1 amide bonds. The summed E-state index contributed by atoms with van der Waals surface area (Å²) in [4.78, 5) is 19.3. The summed E-state index contributed by atoms with van der Waals surface area (Å²) in [6.45, 7) is 1.79. The molecule has 3 aromatic rings. The van der Waals surface area contributed by atoms with Gasteiger partial charge in [0.15, 0.2) is 6.61 Å². The van der Waals surface area contributed by atoms with Crippen LogP contribution in [0.5, 0.6) is 5.75 Å². The Balaban J connectivity index is 1.50. The number of para-hydroxylation sites is 2. The molecule has 2 aromatic carbocycles. The average Bonchev–Trinajstić information content (AvgIpc) is 3.03. The summed E-state index contributed by atoms with van der Waals surface area (Å²) in [6.07, 6.45) is 4.87. The van der Waals surface area contributed by atoms with E-state index in [1.807, 2.05) is 24.3 Å². The number of halogens is 1. The normalized spacial score (nSPS) is 14.4. The number of hydrogen-bond acceptors (Lipinski definition) is 4. The van der Waals surface area contributed by atoms with Crippen molar-refractivity contribution >= 4 is 28.3 Å². The quantitative estimate of drug-likeness (QED) is 0.678. The number of rotatable bonds is 5. The van der Waals surface area contributed by atoms with Gasteiger partial charge in [0, 0.05) is 18.5 Å². The summed E-state index contributed by atoms with van der Waals surface area (Å²) < 4.78 is 19.4. The molecule has 4 rings (SSSR count). The zero-order valence-electron chi connectivity index (χ0n) is 16.2. The van der Waals surface area contributed by atoms with E-state index in [0.717, 1.165) is 29.8 Å². The molecule has 0 aliphatic carbocycles. The summed E-state index contributed by atoms with van der Waals surface area (Å²) in [7, 11) is 0. The van der Waals surface area contributed by atoms with Crippen LogP contribution in [0, 0.1) is 5.82 Å². The molecule has 2 heterocycles. The number of carbonyl (C=O) groups is 1. The maximum Gasteiger partial charge on any atom is 0.262 e. The number of nitrogens with one attached hydrogen (secondary N) is 1. The number of anilines is 2. The van der Waals surface area contributed by atoms with Crippen LogP contribution in [0.4, 0.5) is 15.9 Å². The molecule has 6 heteroatoms. The number of ether oxygens (including phenoxy) is 1. The molecule has 1 N–H and O–H groups in total. The monoisotopic (exact) mass is 393 g/mol. The lowest BCUT2D eigenvalue weighted by Crippen LogP contribution is -2.24. The number of fused-ring (bicyclic) bond motifs is 1. The molecule has 29 heavy (non-hydrogen) atoms. The maximum absolute atomic E-state index is 13.7. The molecule has 1 aromatic heterocycles. The van der Waals surface area contributed by atoms with Gasteiger partial charge in [0.25, 0.3) is 5.91 Å². The van der Waals surface area contributed by atoms with Crippen LogP contribution in [0.25, 0.3) is 10.9 Å². The Morgan fingerprint density at radius 1 is 1.00 bits per heavy atom. The number of aromatic nitrogens is 1. The summed E-state index contributed by atoms with van der Waals surface area (Å²) in [5.41, 5.74) is 0.869. The van der Waals surface area contributed by atoms with E-state index in [0.29, 0.717) is 5.75 Å². The minimum atomic E-state index is -0.477. The second kappa shape index (κ2) is 8.90. The standard InChI is InChI=1S/C23H24FN3O2/c24-18-9-3-4-10-19(18)25-22(28)16-29-20-11-7-8-17-12-13-21(26-23(17)20)27-14-5-1-2-6-15-27/h3-4,7-13H,1-2,5-6,14-16H2,(H,25,28). The third-order valence-electron chi connectivity index (χ3n) is 5.11. The topological polar surface area (TPSA) is 54.5 Å². The van der Waals surface area contributed by atoms with E-state index >= 15 is 0 Å². The highest BCUT2D eigenvalue weighted by Crippen LogP contribution is 2.27. The number of benzene rings is 2. The molecular weight excluding hydrogens is 369 g/mol. The molecule has 150 valence electrons. The fraction of sp³-hybridized carbons (Fsp3) is 0.304. The van der Waals surface area contributed by atoms with Gasteiger partial charge in [0.05, 0.1) is 5.69 Å². The van der Waals surface area contributed by atoms with Gasteiger partial charge in [-0.05, 0) is 43.2 Å². The van der Waals surface area contributed by atoms with Gasteiger partial charge in [-0.25, -0.2) is 9.37 Å². The Morgan fingerprint density at radius 3 is 2.59 bits per heavy atom. The molecule has 0 spiro atoms. The molecule has 0 bridgehead atoms. The molecule has 1 saturated heterocycles. The van der Waals surface area contributed by atoms with Crippen molar-refractivity contribution in [2.75, 3.05) is 29.9 Å². The molecule has 1 fully saturated rings. The van der Waals surface area contributed by atoms with Gasteiger partial charge < -0.3 is 15.0 Å². The number of carbonyl (C=O) groups excluding carboxylic acids is 1. The van der Waals surface area contributed by atoms with E-state index < -0.39 is 11.7 Å². The van der Waals surface area contributed by atoms with Gasteiger partial charge in [0.1, 0.15) is 22.9 Å². The highest BCUT2D eigenvalue weighted by Gasteiger charge is 2.14. The zero-order valence-corrected chi connectivity index (χ0v) is 16.2. The number of hydrogen-bond donors (Lipinski definition) is 1. The van der Waals surface area contributed by atoms with Crippen molar-refractivity contribution in [3.05, 3.63) is 60.4 Å². The average molecular weight is 393 g/mol. The van der Waals surface area contributed by atoms with Gasteiger partial charge in [-0.15, -0.1) is 0 Å². The van der Waals surface area contributed by atoms with Crippen LogP contribution in [0.2, 0.25) is 0 Å². The molecule has 0 atom stereocenters. The number of pyridine rings is 1. The van der Waals surface area contributed by atoms with Crippen LogP contribution in [-0.4, -0.2) is 30.6 Å². The second-order valence-electron chi connectivity index (χ2n) is 7.22. The molecule has 1 aliphatic heterocycles. The first-order chi connectivity index (χ1) is 14.2. The maximum atomic E-state index is 13.7. The van der Waals surface area contributed by atoms with Gasteiger partial charge >= 0.3 is 0 Å². The largest absolute Gasteiger partial charge is 0.481 e. The van der Waals surface area contributed by atoms with E-state index in [4.69, 9.17) is 9.72 Å². The predicted octanol–water partition coefficient (Wildman–Crippen LogP) is 4.77. The third kappa shape index (κ3) is 4.65. The van der Waals surface area contributed by atoms with Gasteiger partial charge in [0.2, 0.25) is 0 Å². The molecule has 0 saturated carbocycles. The lowest BCUT2D eigenvalue weighted by molar-refractivity contribution is -0.118. The van der Waals surface area contributed by atoms with E-state index in [1.165, 1.54) is 37.8 Å². The summed E-state index contributed by atoms with van der Waals surface area (Å²) in [6, 6.07) is 15.8. The predicted molar refractivity (Wildman–Crippen MR) is 113 cm³/mol.